The Balaban J connectivity index is 4.39. The fourth-order valence-electron chi connectivity index (χ4n) is 1.30. The van der Waals surface area contributed by atoms with E-state index in [2.05, 4.69) is 0 Å². The highest BCUT2D eigenvalue weighted by atomic mass is 28.4. The molecular weight excluding hydrogens is 200 g/mol. The predicted octanol–water partition coefficient (Wildman–Crippen LogP) is -0.213. The monoisotopic (exact) mass is 222 g/mol. The van der Waals surface area contributed by atoms with E-state index in [0.717, 1.165) is 0 Å². The van der Waals surface area contributed by atoms with Crippen LogP contribution in [0.15, 0.2) is 0 Å². The molecule has 0 spiro atoms. The SMILES string of the molecule is CO[Si](CC(CN)C(C)N)(OC)OC. The van der Waals surface area contributed by atoms with E-state index in [1.54, 1.807) is 21.3 Å². The molecule has 0 aromatic carbocycles. The standard InChI is InChI=1S/C8H22N2O3Si/c1-7(10)8(5-9)6-14(11-2,12-3)13-4/h7-8H,5-6,9-10H2,1-4H3. The molecule has 0 rings (SSSR count). The first-order chi connectivity index (χ1) is 6.55. The van der Waals surface area contributed by atoms with Crippen molar-refractivity contribution in [3.05, 3.63) is 0 Å². The summed E-state index contributed by atoms with van der Waals surface area (Å²) < 4.78 is 15.9. The lowest BCUT2D eigenvalue weighted by Gasteiger charge is -2.29. The van der Waals surface area contributed by atoms with Gasteiger partial charge in [-0.05, 0) is 19.4 Å². The number of nitrogens with two attached hydrogens (primary N) is 2. The smallest absolute Gasteiger partial charge is 0.377 e. The molecule has 0 saturated heterocycles. The van der Waals surface area contributed by atoms with Gasteiger partial charge in [0.2, 0.25) is 0 Å². The second-order valence-corrected chi connectivity index (χ2v) is 6.35. The molecule has 0 aromatic rings. The summed E-state index contributed by atoms with van der Waals surface area (Å²) in [6, 6.07) is 0.678. The van der Waals surface area contributed by atoms with Crippen molar-refractivity contribution in [3.63, 3.8) is 0 Å². The van der Waals surface area contributed by atoms with Crippen LogP contribution in [0.25, 0.3) is 0 Å². The van der Waals surface area contributed by atoms with Crippen LogP contribution in [-0.4, -0.2) is 42.7 Å². The predicted molar refractivity (Wildman–Crippen MR) is 57.8 cm³/mol. The van der Waals surface area contributed by atoms with Gasteiger partial charge < -0.3 is 24.7 Å². The lowest BCUT2D eigenvalue weighted by molar-refractivity contribution is 0.117. The Hall–Kier alpha value is 0.0169. The average molecular weight is 222 g/mol. The van der Waals surface area contributed by atoms with Crippen molar-refractivity contribution in [3.8, 4) is 0 Å². The lowest BCUT2D eigenvalue weighted by atomic mass is 10.1. The Labute approximate surface area is 87.1 Å². The van der Waals surface area contributed by atoms with Crippen molar-refractivity contribution in [2.24, 2.45) is 17.4 Å². The molecule has 14 heavy (non-hydrogen) atoms. The van der Waals surface area contributed by atoms with Gasteiger partial charge in [-0.2, -0.15) is 0 Å². The molecular formula is C8H22N2O3Si. The zero-order valence-electron chi connectivity index (χ0n) is 9.45. The van der Waals surface area contributed by atoms with Gasteiger partial charge in [0.25, 0.3) is 0 Å². The van der Waals surface area contributed by atoms with Crippen molar-refractivity contribution >= 4 is 8.80 Å². The first-order valence-corrected chi connectivity index (χ1v) is 6.59. The number of rotatable bonds is 7. The molecule has 4 N–H and O–H groups in total. The summed E-state index contributed by atoms with van der Waals surface area (Å²) in [5.41, 5.74) is 11.4. The highest BCUT2D eigenvalue weighted by molar-refractivity contribution is 6.60. The van der Waals surface area contributed by atoms with Gasteiger partial charge in [0.1, 0.15) is 0 Å². The first-order valence-electron chi connectivity index (χ1n) is 4.66. The minimum absolute atomic E-state index is 0.0207. The minimum atomic E-state index is -2.52. The van der Waals surface area contributed by atoms with Crippen LogP contribution < -0.4 is 11.5 Å². The normalized spacial score (nSPS) is 16.7. The van der Waals surface area contributed by atoms with Gasteiger partial charge >= 0.3 is 8.80 Å². The van der Waals surface area contributed by atoms with E-state index in [4.69, 9.17) is 24.7 Å². The van der Waals surface area contributed by atoms with Crippen molar-refractivity contribution in [2.75, 3.05) is 27.9 Å². The van der Waals surface area contributed by atoms with Crippen LogP contribution in [0.4, 0.5) is 0 Å². The van der Waals surface area contributed by atoms with Crippen molar-refractivity contribution in [1.29, 1.82) is 0 Å². The minimum Gasteiger partial charge on any atom is -0.377 e. The molecule has 0 saturated carbocycles. The van der Waals surface area contributed by atoms with Gasteiger partial charge in [0, 0.05) is 33.4 Å². The molecule has 0 radical (unpaired) electrons. The molecule has 86 valence electrons. The third-order valence-electron chi connectivity index (χ3n) is 2.49. The van der Waals surface area contributed by atoms with E-state index in [1.165, 1.54) is 0 Å². The maximum absolute atomic E-state index is 5.79. The highest BCUT2D eigenvalue weighted by Gasteiger charge is 2.40. The molecule has 0 fully saturated rings. The summed E-state index contributed by atoms with van der Waals surface area (Å²) in [7, 11) is 2.25. The fourth-order valence-corrected chi connectivity index (χ4v) is 3.49. The molecule has 5 nitrogen and oxygen atoms in total. The molecule has 6 heteroatoms. The van der Waals surface area contributed by atoms with Gasteiger partial charge in [-0.3, -0.25) is 0 Å². The van der Waals surface area contributed by atoms with E-state index in [0.29, 0.717) is 12.6 Å². The largest absolute Gasteiger partial charge is 0.500 e. The second kappa shape index (κ2) is 6.49. The molecule has 2 atom stereocenters. The van der Waals surface area contributed by atoms with Crippen LogP contribution in [0.2, 0.25) is 6.04 Å². The maximum Gasteiger partial charge on any atom is 0.500 e. The quantitative estimate of drug-likeness (QED) is 0.583. The van der Waals surface area contributed by atoms with Crippen molar-refractivity contribution in [2.45, 2.75) is 19.0 Å². The zero-order chi connectivity index (χ0) is 11.2. The maximum atomic E-state index is 5.79. The Morgan fingerprint density at radius 2 is 1.57 bits per heavy atom. The third-order valence-corrected chi connectivity index (χ3v) is 5.38. The van der Waals surface area contributed by atoms with Gasteiger partial charge in [0.05, 0.1) is 0 Å². The van der Waals surface area contributed by atoms with E-state index >= 15 is 0 Å². The molecule has 0 amide bonds. The van der Waals surface area contributed by atoms with Gasteiger partial charge in [0.15, 0.2) is 0 Å². The van der Waals surface area contributed by atoms with Gasteiger partial charge in [-0.25, -0.2) is 0 Å². The Morgan fingerprint density at radius 3 is 1.79 bits per heavy atom. The molecule has 0 heterocycles. The molecule has 0 bridgehead atoms. The van der Waals surface area contributed by atoms with E-state index in [1.807, 2.05) is 6.92 Å². The third kappa shape index (κ3) is 3.64. The topological polar surface area (TPSA) is 79.7 Å². The van der Waals surface area contributed by atoms with E-state index in [9.17, 15) is 0 Å². The van der Waals surface area contributed by atoms with Crippen molar-refractivity contribution in [1.82, 2.24) is 0 Å². The van der Waals surface area contributed by atoms with Gasteiger partial charge in [-0.15, -0.1) is 0 Å². The van der Waals surface area contributed by atoms with Crippen molar-refractivity contribution < 1.29 is 13.3 Å². The average Bonchev–Trinajstić information content (AvgIpc) is 2.20. The number of hydrogen-bond donors (Lipinski definition) is 2. The van der Waals surface area contributed by atoms with Crippen LogP contribution in [-0.2, 0) is 13.3 Å². The fraction of sp³-hybridized carbons (Fsp3) is 1.00. The summed E-state index contributed by atoms with van der Waals surface area (Å²) in [5.74, 6) is 0.168. The Morgan fingerprint density at radius 1 is 1.14 bits per heavy atom. The van der Waals surface area contributed by atoms with E-state index < -0.39 is 8.80 Å². The summed E-state index contributed by atoms with van der Waals surface area (Å²) in [6.45, 7) is 2.44. The van der Waals surface area contributed by atoms with Crippen LogP contribution in [0, 0.1) is 5.92 Å². The zero-order valence-corrected chi connectivity index (χ0v) is 10.4. The van der Waals surface area contributed by atoms with Crippen LogP contribution in [0.5, 0.6) is 0 Å². The second-order valence-electron chi connectivity index (χ2n) is 3.35. The number of hydrogen-bond acceptors (Lipinski definition) is 5. The Bertz CT molecular complexity index is 145. The van der Waals surface area contributed by atoms with E-state index in [-0.39, 0.29) is 12.0 Å². The summed E-state index contributed by atoms with van der Waals surface area (Å²) in [5, 5.41) is 0. The summed E-state index contributed by atoms with van der Waals surface area (Å²) >= 11 is 0. The van der Waals surface area contributed by atoms with Crippen LogP contribution in [0.1, 0.15) is 6.92 Å². The first kappa shape index (κ1) is 14.0. The molecule has 0 aliphatic carbocycles. The molecule has 2 unspecified atom stereocenters. The summed E-state index contributed by atoms with van der Waals surface area (Å²) in [4.78, 5) is 0. The van der Waals surface area contributed by atoms with Crippen LogP contribution >= 0.6 is 0 Å². The summed E-state index contributed by atoms with van der Waals surface area (Å²) in [6.07, 6.45) is 0. The molecule has 0 aliphatic heterocycles. The molecule has 0 aliphatic rings. The lowest BCUT2D eigenvalue weighted by Crippen LogP contribution is -2.48. The van der Waals surface area contributed by atoms with Gasteiger partial charge in [-0.1, -0.05) is 0 Å². The Kier molecular flexibility index (Phi) is 6.50. The molecule has 0 aromatic heterocycles. The van der Waals surface area contributed by atoms with Crippen LogP contribution in [0.3, 0.4) is 0 Å². The highest BCUT2D eigenvalue weighted by Crippen LogP contribution is 2.20.